The zero-order valence-corrected chi connectivity index (χ0v) is 11.6. The van der Waals surface area contributed by atoms with Gasteiger partial charge >= 0.3 is 0 Å². The standard InChI is InChI=1S/C13H16BrN3/c1-3-17-8-11(7-16-17)13(15)10-4-5-12(14)9(2)6-10/h4-8,13H,3,15H2,1-2H3. The van der Waals surface area contributed by atoms with Gasteiger partial charge in [-0.05, 0) is 31.0 Å². The molecule has 0 radical (unpaired) electrons. The Balaban J connectivity index is 2.29. The first-order valence-electron chi connectivity index (χ1n) is 5.65. The quantitative estimate of drug-likeness (QED) is 0.945. The molecule has 1 heterocycles. The Labute approximate surface area is 110 Å². The first kappa shape index (κ1) is 12.3. The zero-order valence-electron chi connectivity index (χ0n) is 10.0. The van der Waals surface area contributed by atoms with Crippen molar-refractivity contribution in [1.29, 1.82) is 0 Å². The predicted molar refractivity (Wildman–Crippen MR) is 72.8 cm³/mol. The Morgan fingerprint density at radius 2 is 2.18 bits per heavy atom. The van der Waals surface area contributed by atoms with Crippen molar-refractivity contribution < 1.29 is 0 Å². The Kier molecular flexibility index (Phi) is 3.64. The number of aryl methyl sites for hydroxylation is 2. The molecule has 0 aliphatic heterocycles. The summed E-state index contributed by atoms with van der Waals surface area (Å²) in [7, 11) is 0. The summed E-state index contributed by atoms with van der Waals surface area (Å²) < 4.78 is 3.00. The highest BCUT2D eigenvalue weighted by atomic mass is 79.9. The topological polar surface area (TPSA) is 43.8 Å². The van der Waals surface area contributed by atoms with Crippen molar-refractivity contribution in [2.75, 3.05) is 0 Å². The van der Waals surface area contributed by atoms with E-state index < -0.39 is 0 Å². The number of hydrogen-bond acceptors (Lipinski definition) is 2. The highest BCUT2D eigenvalue weighted by Crippen LogP contribution is 2.24. The second-order valence-corrected chi connectivity index (χ2v) is 4.97. The van der Waals surface area contributed by atoms with Gasteiger partial charge in [-0.2, -0.15) is 5.10 Å². The van der Waals surface area contributed by atoms with E-state index in [4.69, 9.17) is 5.73 Å². The van der Waals surface area contributed by atoms with E-state index in [1.807, 2.05) is 29.2 Å². The zero-order chi connectivity index (χ0) is 12.4. The largest absolute Gasteiger partial charge is 0.320 e. The molecule has 0 amide bonds. The molecule has 0 spiro atoms. The Morgan fingerprint density at radius 1 is 1.41 bits per heavy atom. The maximum atomic E-state index is 6.23. The summed E-state index contributed by atoms with van der Waals surface area (Å²) in [6, 6.07) is 6.08. The normalized spacial score (nSPS) is 12.7. The molecular weight excluding hydrogens is 278 g/mol. The maximum Gasteiger partial charge on any atom is 0.0582 e. The number of benzene rings is 1. The van der Waals surface area contributed by atoms with Crippen molar-refractivity contribution in [3.63, 3.8) is 0 Å². The third-order valence-electron chi connectivity index (χ3n) is 2.88. The average Bonchev–Trinajstić information content (AvgIpc) is 2.80. The van der Waals surface area contributed by atoms with Gasteiger partial charge in [0.2, 0.25) is 0 Å². The molecule has 2 aromatic rings. The lowest BCUT2D eigenvalue weighted by Gasteiger charge is -2.11. The Bertz CT molecular complexity index is 519. The molecule has 1 atom stereocenters. The van der Waals surface area contributed by atoms with Crippen LogP contribution in [-0.4, -0.2) is 9.78 Å². The van der Waals surface area contributed by atoms with E-state index in [-0.39, 0.29) is 6.04 Å². The molecule has 0 aliphatic carbocycles. The smallest absolute Gasteiger partial charge is 0.0582 e. The minimum atomic E-state index is -0.109. The molecule has 4 heteroatoms. The molecule has 1 unspecified atom stereocenters. The summed E-state index contributed by atoms with van der Waals surface area (Å²) in [5, 5.41) is 4.25. The third kappa shape index (κ3) is 2.58. The van der Waals surface area contributed by atoms with E-state index in [9.17, 15) is 0 Å². The lowest BCUT2D eigenvalue weighted by Crippen LogP contribution is -2.11. The highest BCUT2D eigenvalue weighted by Gasteiger charge is 2.11. The van der Waals surface area contributed by atoms with Gasteiger partial charge in [-0.15, -0.1) is 0 Å². The Morgan fingerprint density at radius 3 is 2.76 bits per heavy atom. The van der Waals surface area contributed by atoms with Crippen molar-refractivity contribution in [2.24, 2.45) is 5.73 Å². The molecular formula is C13H16BrN3. The number of aromatic nitrogens is 2. The molecule has 0 aliphatic rings. The summed E-state index contributed by atoms with van der Waals surface area (Å²) in [5.41, 5.74) is 9.59. The van der Waals surface area contributed by atoms with Crippen LogP contribution in [0.2, 0.25) is 0 Å². The average molecular weight is 294 g/mol. The second kappa shape index (κ2) is 5.02. The van der Waals surface area contributed by atoms with Gasteiger partial charge < -0.3 is 5.73 Å². The van der Waals surface area contributed by atoms with Crippen LogP contribution in [0.25, 0.3) is 0 Å². The van der Waals surface area contributed by atoms with Crippen LogP contribution in [0.15, 0.2) is 35.1 Å². The van der Waals surface area contributed by atoms with Crippen molar-refractivity contribution in [2.45, 2.75) is 26.4 Å². The molecule has 17 heavy (non-hydrogen) atoms. The van der Waals surface area contributed by atoms with Gasteiger partial charge in [-0.3, -0.25) is 4.68 Å². The minimum Gasteiger partial charge on any atom is -0.320 e. The van der Waals surface area contributed by atoms with E-state index in [2.05, 4.69) is 40.9 Å². The maximum absolute atomic E-state index is 6.23. The van der Waals surface area contributed by atoms with Crippen LogP contribution in [0.1, 0.15) is 29.7 Å². The summed E-state index contributed by atoms with van der Waals surface area (Å²) in [5.74, 6) is 0. The van der Waals surface area contributed by atoms with Crippen LogP contribution in [0, 0.1) is 6.92 Å². The molecule has 3 nitrogen and oxygen atoms in total. The van der Waals surface area contributed by atoms with Crippen molar-refractivity contribution in [3.8, 4) is 0 Å². The molecule has 2 rings (SSSR count). The van der Waals surface area contributed by atoms with Crippen LogP contribution < -0.4 is 5.73 Å². The van der Waals surface area contributed by atoms with Crippen LogP contribution in [0.5, 0.6) is 0 Å². The molecule has 0 fully saturated rings. The number of nitrogens with zero attached hydrogens (tertiary/aromatic N) is 2. The van der Waals surface area contributed by atoms with Gasteiger partial charge in [0.1, 0.15) is 0 Å². The van der Waals surface area contributed by atoms with Gasteiger partial charge in [0.25, 0.3) is 0 Å². The first-order chi connectivity index (χ1) is 8.11. The monoisotopic (exact) mass is 293 g/mol. The number of nitrogens with two attached hydrogens (primary N) is 1. The number of rotatable bonds is 3. The van der Waals surface area contributed by atoms with Gasteiger partial charge in [0.15, 0.2) is 0 Å². The Hall–Kier alpha value is -1.13. The molecule has 90 valence electrons. The highest BCUT2D eigenvalue weighted by molar-refractivity contribution is 9.10. The fourth-order valence-electron chi connectivity index (χ4n) is 1.77. The van der Waals surface area contributed by atoms with Crippen molar-refractivity contribution in [3.05, 3.63) is 51.8 Å². The van der Waals surface area contributed by atoms with Gasteiger partial charge in [-0.25, -0.2) is 0 Å². The molecule has 2 N–H and O–H groups in total. The molecule has 0 bridgehead atoms. The van der Waals surface area contributed by atoms with Crippen LogP contribution >= 0.6 is 15.9 Å². The van der Waals surface area contributed by atoms with Crippen LogP contribution in [0.3, 0.4) is 0 Å². The van der Waals surface area contributed by atoms with Gasteiger partial charge in [-0.1, -0.05) is 28.1 Å². The molecule has 1 aromatic heterocycles. The molecule has 0 saturated carbocycles. The molecule has 0 saturated heterocycles. The van der Waals surface area contributed by atoms with E-state index in [1.165, 1.54) is 5.56 Å². The van der Waals surface area contributed by atoms with E-state index in [1.54, 1.807) is 0 Å². The lowest BCUT2D eigenvalue weighted by molar-refractivity contribution is 0.658. The number of hydrogen-bond donors (Lipinski definition) is 1. The van der Waals surface area contributed by atoms with Crippen molar-refractivity contribution >= 4 is 15.9 Å². The van der Waals surface area contributed by atoms with Crippen molar-refractivity contribution in [1.82, 2.24) is 9.78 Å². The second-order valence-electron chi connectivity index (χ2n) is 4.12. The van der Waals surface area contributed by atoms with Crippen LogP contribution in [-0.2, 0) is 6.54 Å². The lowest BCUT2D eigenvalue weighted by atomic mass is 10.0. The minimum absolute atomic E-state index is 0.109. The number of halogens is 1. The van der Waals surface area contributed by atoms with E-state index >= 15 is 0 Å². The summed E-state index contributed by atoms with van der Waals surface area (Å²) in [6.07, 6.45) is 3.84. The summed E-state index contributed by atoms with van der Waals surface area (Å²) in [6.45, 7) is 4.99. The van der Waals surface area contributed by atoms with E-state index in [0.29, 0.717) is 0 Å². The SMILES string of the molecule is CCn1cc(C(N)c2ccc(Br)c(C)c2)cn1. The summed E-state index contributed by atoms with van der Waals surface area (Å²) in [4.78, 5) is 0. The van der Waals surface area contributed by atoms with E-state index in [0.717, 1.165) is 22.1 Å². The summed E-state index contributed by atoms with van der Waals surface area (Å²) >= 11 is 3.49. The fourth-order valence-corrected chi connectivity index (χ4v) is 2.01. The van der Waals surface area contributed by atoms with Gasteiger partial charge in [0.05, 0.1) is 12.2 Å². The molecule has 1 aromatic carbocycles. The van der Waals surface area contributed by atoms with Gasteiger partial charge in [0, 0.05) is 22.8 Å². The third-order valence-corrected chi connectivity index (χ3v) is 3.77. The van der Waals surface area contributed by atoms with Crippen LogP contribution in [0.4, 0.5) is 0 Å². The fraction of sp³-hybridized carbons (Fsp3) is 0.308. The predicted octanol–water partition coefficient (Wildman–Crippen LogP) is 3.02. The first-order valence-corrected chi connectivity index (χ1v) is 6.45.